The fourth-order valence-electron chi connectivity index (χ4n) is 2.87. The Morgan fingerprint density at radius 2 is 1.85 bits per heavy atom. The third kappa shape index (κ3) is 7.12. The van der Waals surface area contributed by atoms with E-state index in [4.69, 9.17) is 16.6 Å². The van der Waals surface area contributed by atoms with E-state index < -0.39 is 0 Å². The summed E-state index contributed by atoms with van der Waals surface area (Å²) in [5.41, 5.74) is 2.26. The number of nitrogens with zero attached hydrogens (tertiary/aromatic N) is 3. The summed E-state index contributed by atoms with van der Waals surface area (Å²) in [6.07, 6.45) is 0. The van der Waals surface area contributed by atoms with E-state index in [1.165, 1.54) is 5.69 Å². The van der Waals surface area contributed by atoms with Crippen LogP contribution in [-0.2, 0) is 6.54 Å². The third-order valence-electron chi connectivity index (χ3n) is 4.17. The molecule has 0 aromatic heterocycles. The van der Waals surface area contributed by atoms with Gasteiger partial charge in [-0.25, -0.2) is 4.99 Å². The minimum Gasteiger partial charge on any atom is -0.369 e. The highest BCUT2D eigenvalue weighted by molar-refractivity contribution is 14.0. The van der Waals surface area contributed by atoms with Crippen molar-refractivity contribution in [3.05, 3.63) is 28.8 Å². The van der Waals surface area contributed by atoms with Gasteiger partial charge in [0.2, 0.25) is 0 Å². The van der Waals surface area contributed by atoms with Crippen molar-refractivity contribution in [3.63, 3.8) is 0 Å². The lowest BCUT2D eigenvalue weighted by molar-refractivity contribution is 0.312. The number of nitrogens with one attached hydrogen (secondary N) is 2. The number of benzene rings is 1. The summed E-state index contributed by atoms with van der Waals surface area (Å²) >= 11 is 6.52. The van der Waals surface area contributed by atoms with E-state index in [0.717, 1.165) is 49.3 Å². The summed E-state index contributed by atoms with van der Waals surface area (Å²) in [7, 11) is 2.17. The normalized spacial score (nSPS) is 16.2. The third-order valence-corrected chi connectivity index (χ3v) is 4.53. The number of rotatable bonds is 4. The summed E-state index contributed by atoms with van der Waals surface area (Å²) in [6, 6.07) is 6.14. The van der Waals surface area contributed by atoms with Crippen LogP contribution in [0.2, 0.25) is 5.02 Å². The molecule has 1 heterocycles. The van der Waals surface area contributed by atoms with Crippen molar-refractivity contribution in [1.29, 1.82) is 0 Å². The topological polar surface area (TPSA) is 42.9 Å². The number of hydrogen-bond acceptors (Lipinski definition) is 3. The standard InChI is InChI=1S/C19H32ClN5.HI/c1-6-21-18(23-19(2,3)4)22-14-15-16(20)8-7-9-17(15)25-12-10-24(5)11-13-25;/h7-9H,6,10-14H2,1-5H3,(H2,21,22,23);1H. The Balaban J connectivity index is 0.00000338. The van der Waals surface area contributed by atoms with E-state index >= 15 is 0 Å². The molecule has 0 aliphatic carbocycles. The van der Waals surface area contributed by atoms with Crippen LogP contribution >= 0.6 is 35.6 Å². The van der Waals surface area contributed by atoms with Gasteiger partial charge in [-0.1, -0.05) is 17.7 Å². The fourth-order valence-corrected chi connectivity index (χ4v) is 3.10. The summed E-state index contributed by atoms with van der Waals surface area (Å²) in [5, 5.41) is 7.52. The molecule has 0 atom stereocenters. The van der Waals surface area contributed by atoms with Crippen molar-refractivity contribution < 1.29 is 0 Å². The Morgan fingerprint density at radius 3 is 2.42 bits per heavy atom. The van der Waals surface area contributed by atoms with Crippen LogP contribution in [-0.4, -0.2) is 56.2 Å². The number of hydrogen-bond donors (Lipinski definition) is 2. The molecular weight excluding hydrogens is 461 g/mol. The van der Waals surface area contributed by atoms with Crippen molar-refractivity contribution in [2.75, 3.05) is 44.7 Å². The summed E-state index contributed by atoms with van der Waals surface area (Å²) in [6.45, 7) is 14.0. The van der Waals surface area contributed by atoms with E-state index in [2.05, 4.69) is 61.2 Å². The fraction of sp³-hybridized carbons (Fsp3) is 0.632. The van der Waals surface area contributed by atoms with Gasteiger partial charge in [0.05, 0.1) is 6.54 Å². The van der Waals surface area contributed by atoms with Crippen molar-refractivity contribution >= 4 is 47.2 Å². The second kappa shape index (κ2) is 10.6. The molecule has 0 amide bonds. The van der Waals surface area contributed by atoms with Gasteiger partial charge in [-0.2, -0.15) is 0 Å². The van der Waals surface area contributed by atoms with Crippen LogP contribution in [0.15, 0.2) is 23.2 Å². The lowest BCUT2D eigenvalue weighted by Crippen LogP contribution is -2.47. The molecule has 7 heteroatoms. The molecule has 2 N–H and O–H groups in total. The van der Waals surface area contributed by atoms with Crippen molar-refractivity contribution in [1.82, 2.24) is 15.5 Å². The molecule has 0 radical (unpaired) electrons. The van der Waals surface area contributed by atoms with Crippen molar-refractivity contribution in [3.8, 4) is 0 Å². The van der Waals surface area contributed by atoms with Gasteiger partial charge in [0, 0.05) is 54.5 Å². The molecular formula is C19H33ClIN5. The quantitative estimate of drug-likeness (QED) is 0.382. The number of halogens is 2. The molecule has 0 bridgehead atoms. The maximum Gasteiger partial charge on any atom is 0.191 e. The van der Waals surface area contributed by atoms with Crippen molar-refractivity contribution in [2.24, 2.45) is 4.99 Å². The molecule has 1 fully saturated rings. The van der Waals surface area contributed by atoms with E-state index in [1.807, 2.05) is 12.1 Å². The molecule has 1 aliphatic heterocycles. The van der Waals surface area contributed by atoms with E-state index in [0.29, 0.717) is 6.54 Å². The Kier molecular flexibility index (Phi) is 9.47. The van der Waals surface area contributed by atoms with Gasteiger partial charge in [0.15, 0.2) is 5.96 Å². The predicted octanol–water partition coefficient (Wildman–Crippen LogP) is 3.56. The first kappa shape index (κ1) is 23.3. The van der Waals surface area contributed by atoms with Gasteiger partial charge in [-0.3, -0.25) is 0 Å². The second-order valence-electron chi connectivity index (χ2n) is 7.60. The van der Waals surface area contributed by atoms with Crippen LogP contribution in [0, 0.1) is 0 Å². The Labute approximate surface area is 180 Å². The van der Waals surface area contributed by atoms with Gasteiger partial charge in [-0.15, -0.1) is 24.0 Å². The molecule has 2 rings (SSSR count). The zero-order valence-corrected chi connectivity index (χ0v) is 19.7. The Bertz CT molecular complexity index is 592. The molecule has 5 nitrogen and oxygen atoms in total. The van der Waals surface area contributed by atoms with Gasteiger partial charge in [0.1, 0.15) is 0 Å². The number of likely N-dealkylation sites (N-methyl/N-ethyl adjacent to an activating group) is 1. The van der Waals surface area contributed by atoms with Gasteiger partial charge < -0.3 is 20.4 Å². The Hall–Kier alpha value is -0.730. The first-order chi connectivity index (χ1) is 11.8. The number of guanidine groups is 1. The van der Waals surface area contributed by atoms with Gasteiger partial charge in [-0.05, 0) is 46.9 Å². The van der Waals surface area contributed by atoms with Crippen LogP contribution in [0.4, 0.5) is 5.69 Å². The molecule has 0 unspecified atom stereocenters. The van der Waals surface area contributed by atoms with Crippen LogP contribution in [0.5, 0.6) is 0 Å². The minimum absolute atomic E-state index is 0. The molecule has 26 heavy (non-hydrogen) atoms. The van der Waals surface area contributed by atoms with Gasteiger partial charge in [0.25, 0.3) is 0 Å². The molecule has 0 saturated carbocycles. The molecule has 0 spiro atoms. The number of aliphatic imine (C=N–C) groups is 1. The molecule has 1 aromatic carbocycles. The molecule has 1 aromatic rings. The highest BCUT2D eigenvalue weighted by Gasteiger charge is 2.19. The molecule has 1 saturated heterocycles. The molecule has 1 aliphatic rings. The first-order valence-corrected chi connectivity index (χ1v) is 9.45. The maximum absolute atomic E-state index is 6.52. The lowest BCUT2D eigenvalue weighted by atomic mass is 10.1. The predicted molar refractivity (Wildman–Crippen MR) is 124 cm³/mol. The zero-order valence-electron chi connectivity index (χ0n) is 16.6. The highest BCUT2D eigenvalue weighted by Crippen LogP contribution is 2.29. The van der Waals surface area contributed by atoms with Gasteiger partial charge >= 0.3 is 0 Å². The van der Waals surface area contributed by atoms with E-state index in [1.54, 1.807) is 0 Å². The van der Waals surface area contributed by atoms with Crippen LogP contribution in [0.3, 0.4) is 0 Å². The summed E-state index contributed by atoms with van der Waals surface area (Å²) in [5.74, 6) is 0.819. The average Bonchev–Trinajstić information content (AvgIpc) is 2.53. The number of anilines is 1. The summed E-state index contributed by atoms with van der Waals surface area (Å²) in [4.78, 5) is 9.55. The monoisotopic (exact) mass is 493 g/mol. The summed E-state index contributed by atoms with van der Waals surface area (Å²) < 4.78 is 0. The maximum atomic E-state index is 6.52. The lowest BCUT2D eigenvalue weighted by Gasteiger charge is -2.35. The molecule has 148 valence electrons. The largest absolute Gasteiger partial charge is 0.369 e. The van der Waals surface area contributed by atoms with E-state index in [-0.39, 0.29) is 29.5 Å². The SMILES string of the molecule is CCNC(=NCc1c(Cl)cccc1N1CCN(C)CC1)NC(C)(C)C.I. The first-order valence-electron chi connectivity index (χ1n) is 9.07. The second-order valence-corrected chi connectivity index (χ2v) is 8.01. The zero-order chi connectivity index (χ0) is 18.4. The average molecular weight is 494 g/mol. The van der Waals surface area contributed by atoms with E-state index in [9.17, 15) is 0 Å². The highest BCUT2D eigenvalue weighted by atomic mass is 127. The minimum atomic E-state index is -0.0399. The van der Waals surface area contributed by atoms with Crippen molar-refractivity contribution in [2.45, 2.75) is 39.8 Å². The van der Waals surface area contributed by atoms with Crippen LogP contribution in [0.25, 0.3) is 0 Å². The smallest absolute Gasteiger partial charge is 0.191 e. The Morgan fingerprint density at radius 1 is 1.19 bits per heavy atom. The van der Waals surface area contributed by atoms with Crippen LogP contribution < -0.4 is 15.5 Å². The van der Waals surface area contributed by atoms with Crippen LogP contribution in [0.1, 0.15) is 33.3 Å². The number of piperazine rings is 1.